The minimum absolute atomic E-state index is 0.0426. The standard InChI is InChI=1S/C17H17F6N3OS/c1-26(10-16(18,19)20)7-3-6-24-14(27)13-9-28-15(25-13)11-4-2-5-12(8-11)17(21,22)23/h2,4-5,8-9H,3,6-7,10H2,1H3,(H,24,27). The van der Waals surface area contributed by atoms with Gasteiger partial charge >= 0.3 is 12.4 Å². The van der Waals surface area contributed by atoms with Crippen LogP contribution in [0.15, 0.2) is 29.6 Å². The van der Waals surface area contributed by atoms with Crippen molar-refractivity contribution in [1.29, 1.82) is 0 Å². The molecule has 0 aliphatic heterocycles. The van der Waals surface area contributed by atoms with Crippen molar-refractivity contribution >= 4 is 17.2 Å². The summed E-state index contributed by atoms with van der Waals surface area (Å²) in [6.07, 6.45) is -8.45. The Morgan fingerprint density at radius 2 is 1.93 bits per heavy atom. The van der Waals surface area contributed by atoms with Gasteiger partial charge in [0.25, 0.3) is 5.91 Å². The third-order valence-electron chi connectivity index (χ3n) is 3.63. The van der Waals surface area contributed by atoms with E-state index >= 15 is 0 Å². The summed E-state index contributed by atoms with van der Waals surface area (Å²) in [5.41, 5.74) is -0.525. The largest absolute Gasteiger partial charge is 0.416 e. The van der Waals surface area contributed by atoms with E-state index in [2.05, 4.69) is 10.3 Å². The monoisotopic (exact) mass is 425 g/mol. The van der Waals surface area contributed by atoms with Gasteiger partial charge in [-0.3, -0.25) is 9.69 Å². The van der Waals surface area contributed by atoms with Crippen molar-refractivity contribution in [3.05, 3.63) is 40.9 Å². The van der Waals surface area contributed by atoms with E-state index in [4.69, 9.17) is 0 Å². The molecule has 0 aliphatic carbocycles. The summed E-state index contributed by atoms with van der Waals surface area (Å²) in [7, 11) is 1.33. The van der Waals surface area contributed by atoms with Gasteiger partial charge in [0.05, 0.1) is 12.1 Å². The van der Waals surface area contributed by atoms with Crippen molar-refractivity contribution in [2.45, 2.75) is 18.8 Å². The molecule has 0 radical (unpaired) electrons. The number of alkyl halides is 6. The molecule has 1 amide bonds. The average Bonchev–Trinajstić information content (AvgIpc) is 3.06. The number of rotatable bonds is 7. The van der Waals surface area contributed by atoms with Gasteiger partial charge in [-0.05, 0) is 32.1 Å². The molecule has 1 heterocycles. The van der Waals surface area contributed by atoms with Gasteiger partial charge in [0.2, 0.25) is 0 Å². The second-order valence-corrected chi connectivity index (χ2v) is 6.94. The second kappa shape index (κ2) is 8.91. The predicted molar refractivity (Wildman–Crippen MR) is 93.1 cm³/mol. The Morgan fingerprint density at radius 3 is 2.57 bits per heavy atom. The van der Waals surface area contributed by atoms with E-state index in [1.54, 1.807) is 0 Å². The number of carbonyl (C=O) groups excluding carboxylic acids is 1. The van der Waals surface area contributed by atoms with Crippen LogP contribution in [0.2, 0.25) is 0 Å². The first-order chi connectivity index (χ1) is 13.0. The summed E-state index contributed by atoms with van der Waals surface area (Å²) in [6.45, 7) is -0.739. The molecule has 0 saturated heterocycles. The molecule has 0 fully saturated rings. The molecular formula is C17H17F6N3OS. The van der Waals surface area contributed by atoms with Gasteiger partial charge in [0.15, 0.2) is 0 Å². The van der Waals surface area contributed by atoms with E-state index in [1.165, 1.54) is 24.6 Å². The first-order valence-electron chi connectivity index (χ1n) is 8.12. The van der Waals surface area contributed by atoms with Gasteiger partial charge in [-0.1, -0.05) is 12.1 Å². The van der Waals surface area contributed by atoms with Gasteiger partial charge < -0.3 is 5.32 Å². The topological polar surface area (TPSA) is 45.2 Å². The number of hydrogen-bond donors (Lipinski definition) is 1. The Bertz CT molecular complexity index is 803. The van der Waals surface area contributed by atoms with Crippen LogP contribution in [0, 0.1) is 0 Å². The van der Waals surface area contributed by atoms with E-state index in [0.717, 1.165) is 28.4 Å². The predicted octanol–water partition coefficient (Wildman–Crippen LogP) is 4.44. The Balaban J connectivity index is 1.89. The van der Waals surface area contributed by atoms with Crippen LogP contribution in [-0.2, 0) is 6.18 Å². The van der Waals surface area contributed by atoms with Gasteiger partial charge in [-0.15, -0.1) is 11.3 Å². The molecule has 1 N–H and O–H groups in total. The number of amides is 1. The highest BCUT2D eigenvalue weighted by molar-refractivity contribution is 7.13. The fourth-order valence-corrected chi connectivity index (χ4v) is 3.16. The highest BCUT2D eigenvalue weighted by atomic mass is 32.1. The number of thiazole rings is 1. The number of halogens is 6. The first-order valence-corrected chi connectivity index (χ1v) is 9.00. The Morgan fingerprint density at radius 1 is 1.21 bits per heavy atom. The van der Waals surface area contributed by atoms with Crippen molar-refractivity contribution in [3.63, 3.8) is 0 Å². The van der Waals surface area contributed by atoms with Crippen LogP contribution in [0.25, 0.3) is 10.6 Å². The van der Waals surface area contributed by atoms with Crippen molar-refractivity contribution in [3.8, 4) is 10.6 Å². The lowest BCUT2D eigenvalue weighted by molar-refractivity contribution is -0.143. The Labute approximate surface area is 161 Å². The fourth-order valence-electron chi connectivity index (χ4n) is 2.37. The van der Waals surface area contributed by atoms with Crippen LogP contribution < -0.4 is 5.32 Å². The quantitative estimate of drug-likeness (QED) is 0.527. The summed E-state index contributed by atoms with van der Waals surface area (Å²) >= 11 is 1.03. The lowest BCUT2D eigenvalue weighted by Crippen LogP contribution is -2.33. The van der Waals surface area contributed by atoms with Crippen LogP contribution in [0.5, 0.6) is 0 Å². The molecule has 0 aliphatic rings. The molecule has 154 valence electrons. The van der Waals surface area contributed by atoms with E-state index in [1.807, 2.05) is 0 Å². The maximum Gasteiger partial charge on any atom is 0.416 e. The molecule has 0 bridgehead atoms. The summed E-state index contributed by atoms with van der Waals surface area (Å²) in [5.74, 6) is -0.534. The second-order valence-electron chi connectivity index (χ2n) is 6.08. The maximum absolute atomic E-state index is 12.8. The summed E-state index contributed by atoms with van der Waals surface area (Å²) in [4.78, 5) is 17.2. The Kier molecular flexibility index (Phi) is 7.05. The molecule has 2 rings (SSSR count). The van der Waals surface area contributed by atoms with Crippen LogP contribution in [0.1, 0.15) is 22.5 Å². The molecule has 11 heteroatoms. The Hall–Kier alpha value is -2.14. The van der Waals surface area contributed by atoms with Gasteiger partial charge in [-0.2, -0.15) is 26.3 Å². The van der Waals surface area contributed by atoms with Crippen molar-refractivity contribution < 1.29 is 31.1 Å². The summed E-state index contributed by atoms with van der Waals surface area (Å²) in [6, 6.07) is 4.63. The number of benzene rings is 1. The van der Waals surface area contributed by atoms with Crippen LogP contribution in [0.3, 0.4) is 0 Å². The average molecular weight is 425 g/mol. The molecule has 0 atom stereocenters. The van der Waals surface area contributed by atoms with E-state index in [-0.39, 0.29) is 29.4 Å². The molecule has 0 unspecified atom stereocenters. The summed E-state index contributed by atoms with van der Waals surface area (Å²) < 4.78 is 75.0. The molecule has 1 aromatic carbocycles. The van der Waals surface area contributed by atoms with Crippen molar-refractivity contribution in [2.24, 2.45) is 0 Å². The normalized spacial score (nSPS) is 12.4. The zero-order valence-electron chi connectivity index (χ0n) is 14.7. The lowest BCUT2D eigenvalue weighted by atomic mass is 10.1. The van der Waals surface area contributed by atoms with E-state index in [9.17, 15) is 31.1 Å². The number of hydrogen-bond acceptors (Lipinski definition) is 4. The smallest absolute Gasteiger partial charge is 0.351 e. The third-order valence-corrected chi connectivity index (χ3v) is 4.52. The minimum Gasteiger partial charge on any atom is -0.351 e. The zero-order valence-corrected chi connectivity index (χ0v) is 15.5. The van der Waals surface area contributed by atoms with Crippen LogP contribution in [0.4, 0.5) is 26.3 Å². The van der Waals surface area contributed by atoms with Crippen molar-refractivity contribution in [2.75, 3.05) is 26.7 Å². The zero-order chi connectivity index (χ0) is 20.9. The molecule has 0 spiro atoms. The summed E-state index contributed by atoms with van der Waals surface area (Å²) in [5, 5.41) is 4.22. The molecular weight excluding hydrogens is 408 g/mol. The van der Waals surface area contributed by atoms with Crippen LogP contribution >= 0.6 is 11.3 Å². The highest BCUT2D eigenvalue weighted by Gasteiger charge is 2.31. The molecule has 0 saturated carbocycles. The van der Waals surface area contributed by atoms with Gasteiger partial charge in [0.1, 0.15) is 10.7 Å². The lowest BCUT2D eigenvalue weighted by Gasteiger charge is -2.18. The first kappa shape index (κ1) is 22.2. The maximum atomic E-state index is 12.8. The number of aromatic nitrogens is 1. The van der Waals surface area contributed by atoms with Crippen molar-refractivity contribution in [1.82, 2.24) is 15.2 Å². The van der Waals surface area contributed by atoms with Crippen LogP contribution in [-0.4, -0.2) is 48.6 Å². The molecule has 1 aromatic heterocycles. The molecule has 28 heavy (non-hydrogen) atoms. The highest BCUT2D eigenvalue weighted by Crippen LogP contribution is 2.33. The minimum atomic E-state index is -4.48. The molecule has 2 aromatic rings. The number of nitrogens with one attached hydrogen (secondary N) is 1. The number of nitrogens with zero attached hydrogens (tertiary/aromatic N) is 2. The number of carbonyl (C=O) groups is 1. The van der Waals surface area contributed by atoms with Gasteiger partial charge in [-0.25, -0.2) is 4.98 Å². The third kappa shape index (κ3) is 6.79. The fraction of sp³-hybridized carbons (Fsp3) is 0.412. The van der Waals surface area contributed by atoms with Gasteiger partial charge in [0, 0.05) is 17.5 Å². The van der Waals surface area contributed by atoms with E-state index in [0.29, 0.717) is 6.42 Å². The van der Waals surface area contributed by atoms with E-state index < -0.39 is 30.4 Å². The molecule has 4 nitrogen and oxygen atoms in total. The SMILES string of the molecule is CN(CCCNC(=O)c1csc(-c2cccc(C(F)(F)F)c2)n1)CC(F)(F)F.